The van der Waals surface area contributed by atoms with Crippen molar-refractivity contribution in [2.75, 3.05) is 23.9 Å². The minimum absolute atomic E-state index is 0.153. The highest BCUT2D eigenvalue weighted by Crippen LogP contribution is 2.26. The summed E-state index contributed by atoms with van der Waals surface area (Å²) in [7, 11) is 1.47. The molecule has 4 rings (SSSR count). The van der Waals surface area contributed by atoms with Crippen molar-refractivity contribution in [1.82, 2.24) is 19.9 Å². The molecule has 0 radical (unpaired) electrons. The molecule has 1 saturated heterocycles. The van der Waals surface area contributed by atoms with Crippen molar-refractivity contribution < 1.29 is 14.3 Å². The van der Waals surface area contributed by atoms with Crippen LogP contribution < -0.4 is 20.5 Å². The second-order valence-electron chi connectivity index (χ2n) is 7.69. The van der Waals surface area contributed by atoms with Gasteiger partial charge in [-0.1, -0.05) is 6.92 Å². The Balaban J connectivity index is 1.67. The van der Waals surface area contributed by atoms with Gasteiger partial charge in [-0.3, -0.25) is 4.79 Å². The standard InChI is InChI=1S/C22H23N7O4/c1-5-15-10-33-22(31)29(15)21-26-12(3)25-20(28-21)24-11(2)16-7-13-6-14(9-23)18(32-4)8-17(13)27-19(16)30/h6-8,11,15H,5,10H2,1-4H3,(H,27,30)(H,24,25,26,28)/t11-,15-/m0/s1. The van der Waals surface area contributed by atoms with Gasteiger partial charge in [0, 0.05) is 17.0 Å². The lowest BCUT2D eigenvalue weighted by Crippen LogP contribution is -2.35. The molecular weight excluding hydrogens is 426 g/mol. The minimum atomic E-state index is -0.499. The van der Waals surface area contributed by atoms with Gasteiger partial charge in [-0.15, -0.1) is 0 Å². The Morgan fingerprint density at radius 3 is 2.82 bits per heavy atom. The van der Waals surface area contributed by atoms with Gasteiger partial charge in [-0.05, 0) is 32.4 Å². The molecule has 2 N–H and O–H groups in total. The number of methoxy groups -OCH3 is 1. The van der Waals surface area contributed by atoms with Crippen LogP contribution in [0.25, 0.3) is 10.9 Å². The molecule has 170 valence electrons. The van der Waals surface area contributed by atoms with Gasteiger partial charge in [0.1, 0.15) is 24.3 Å². The van der Waals surface area contributed by atoms with Crippen LogP contribution in [0, 0.1) is 18.3 Å². The van der Waals surface area contributed by atoms with Crippen LogP contribution in [0.3, 0.4) is 0 Å². The van der Waals surface area contributed by atoms with Crippen molar-refractivity contribution in [2.24, 2.45) is 0 Å². The summed E-state index contributed by atoms with van der Waals surface area (Å²) >= 11 is 0. The number of rotatable bonds is 6. The highest BCUT2D eigenvalue weighted by atomic mass is 16.6. The molecule has 1 aliphatic heterocycles. The number of aryl methyl sites for hydroxylation is 1. The summed E-state index contributed by atoms with van der Waals surface area (Å²) in [6, 6.07) is 6.46. The van der Waals surface area contributed by atoms with Crippen LogP contribution >= 0.6 is 0 Å². The van der Waals surface area contributed by atoms with E-state index in [-0.39, 0.29) is 30.1 Å². The zero-order valence-corrected chi connectivity index (χ0v) is 18.7. The minimum Gasteiger partial charge on any atom is -0.495 e. The molecular formula is C22H23N7O4. The average molecular weight is 449 g/mol. The summed E-state index contributed by atoms with van der Waals surface area (Å²) in [4.78, 5) is 42.2. The highest BCUT2D eigenvalue weighted by molar-refractivity contribution is 5.88. The number of hydrogen-bond acceptors (Lipinski definition) is 9. The molecule has 33 heavy (non-hydrogen) atoms. The SMILES string of the molecule is CC[C@H]1COC(=O)N1c1nc(C)nc(N[C@@H](C)c2cc3cc(C#N)c(OC)cc3[nH]c2=O)n1. The fraction of sp³-hybridized carbons (Fsp3) is 0.364. The van der Waals surface area contributed by atoms with E-state index in [1.807, 2.05) is 6.92 Å². The Labute approximate surface area is 189 Å². The van der Waals surface area contributed by atoms with Crippen molar-refractivity contribution in [3.05, 3.63) is 45.5 Å². The molecule has 0 saturated carbocycles. The molecule has 1 aliphatic rings. The number of nitrogens with zero attached hydrogens (tertiary/aromatic N) is 5. The summed E-state index contributed by atoms with van der Waals surface area (Å²) in [5.41, 5.74) is 1.06. The van der Waals surface area contributed by atoms with E-state index in [9.17, 15) is 14.9 Å². The first-order valence-corrected chi connectivity index (χ1v) is 10.4. The molecule has 1 fully saturated rings. The van der Waals surface area contributed by atoms with Gasteiger partial charge in [0.2, 0.25) is 11.9 Å². The molecule has 3 heterocycles. The fourth-order valence-electron chi connectivity index (χ4n) is 3.75. The number of anilines is 2. The number of ether oxygens (including phenoxy) is 2. The van der Waals surface area contributed by atoms with Crippen LogP contribution in [0.2, 0.25) is 0 Å². The van der Waals surface area contributed by atoms with E-state index in [1.165, 1.54) is 12.0 Å². The smallest absolute Gasteiger partial charge is 0.417 e. The Hall–Kier alpha value is -4.20. The van der Waals surface area contributed by atoms with Crippen molar-refractivity contribution >= 4 is 28.9 Å². The number of nitrogens with one attached hydrogen (secondary N) is 2. The first kappa shape index (κ1) is 22.0. The van der Waals surface area contributed by atoms with Gasteiger partial charge in [-0.2, -0.15) is 20.2 Å². The number of benzene rings is 1. The molecule has 0 aliphatic carbocycles. The molecule has 0 spiro atoms. The van der Waals surface area contributed by atoms with Gasteiger partial charge in [0.05, 0.1) is 30.3 Å². The third-order valence-electron chi connectivity index (χ3n) is 5.51. The third kappa shape index (κ3) is 4.15. The highest BCUT2D eigenvalue weighted by Gasteiger charge is 2.35. The van der Waals surface area contributed by atoms with E-state index in [1.54, 1.807) is 32.0 Å². The van der Waals surface area contributed by atoms with E-state index in [2.05, 4.69) is 31.3 Å². The van der Waals surface area contributed by atoms with Crippen LogP contribution in [0.4, 0.5) is 16.7 Å². The summed E-state index contributed by atoms with van der Waals surface area (Å²) in [5, 5.41) is 13.2. The molecule has 0 bridgehead atoms. The second-order valence-corrected chi connectivity index (χ2v) is 7.69. The van der Waals surface area contributed by atoms with E-state index < -0.39 is 12.1 Å². The number of carbonyl (C=O) groups excluding carboxylic acids is 1. The van der Waals surface area contributed by atoms with Crippen LogP contribution in [0.5, 0.6) is 5.75 Å². The maximum Gasteiger partial charge on any atom is 0.417 e. The Morgan fingerprint density at radius 1 is 1.33 bits per heavy atom. The van der Waals surface area contributed by atoms with Gasteiger partial charge < -0.3 is 19.8 Å². The number of aromatic nitrogens is 4. The second kappa shape index (κ2) is 8.74. The predicted octanol–water partition coefficient (Wildman–Crippen LogP) is 2.81. The number of cyclic esters (lactones) is 1. The normalized spacial score (nSPS) is 16.4. The first-order valence-electron chi connectivity index (χ1n) is 10.4. The topological polar surface area (TPSA) is 146 Å². The van der Waals surface area contributed by atoms with Gasteiger partial charge in [0.15, 0.2) is 0 Å². The van der Waals surface area contributed by atoms with Gasteiger partial charge in [0.25, 0.3) is 5.56 Å². The Morgan fingerprint density at radius 2 is 2.12 bits per heavy atom. The Kier molecular flexibility index (Phi) is 5.83. The van der Waals surface area contributed by atoms with Crippen LogP contribution in [0.1, 0.15) is 43.3 Å². The van der Waals surface area contributed by atoms with Crippen molar-refractivity contribution in [2.45, 2.75) is 39.3 Å². The first-order chi connectivity index (χ1) is 15.8. The van der Waals surface area contributed by atoms with E-state index in [0.717, 1.165) is 0 Å². The van der Waals surface area contributed by atoms with Gasteiger partial charge >= 0.3 is 6.09 Å². The monoisotopic (exact) mass is 449 g/mol. The predicted molar refractivity (Wildman–Crippen MR) is 120 cm³/mol. The molecule has 2 aromatic heterocycles. The quantitative estimate of drug-likeness (QED) is 0.580. The lowest BCUT2D eigenvalue weighted by molar-refractivity contribution is 0.178. The zero-order chi connectivity index (χ0) is 23.7. The largest absolute Gasteiger partial charge is 0.495 e. The number of H-pyrrole nitrogens is 1. The van der Waals surface area contributed by atoms with Crippen molar-refractivity contribution in [3.63, 3.8) is 0 Å². The molecule has 3 aromatic rings. The molecule has 0 unspecified atom stereocenters. The number of fused-ring (bicyclic) bond motifs is 1. The number of aromatic amines is 1. The van der Waals surface area contributed by atoms with E-state index in [4.69, 9.17) is 9.47 Å². The Bertz CT molecular complexity index is 1330. The van der Waals surface area contributed by atoms with Crippen LogP contribution in [-0.2, 0) is 4.74 Å². The van der Waals surface area contributed by atoms with E-state index in [0.29, 0.717) is 40.0 Å². The summed E-state index contributed by atoms with van der Waals surface area (Å²) in [6.45, 7) is 5.72. The van der Waals surface area contributed by atoms with Gasteiger partial charge in [-0.25, -0.2) is 9.69 Å². The number of pyridine rings is 1. The molecule has 1 amide bonds. The fourth-order valence-corrected chi connectivity index (χ4v) is 3.75. The van der Waals surface area contributed by atoms with E-state index >= 15 is 0 Å². The molecule has 2 atom stereocenters. The number of carbonyl (C=O) groups is 1. The molecule has 11 nitrogen and oxygen atoms in total. The number of nitriles is 1. The van der Waals surface area contributed by atoms with Crippen molar-refractivity contribution in [3.8, 4) is 11.8 Å². The lowest BCUT2D eigenvalue weighted by atomic mass is 10.1. The molecule has 11 heteroatoms. The average Bonchev–Trinajstić information content (AvgIpc) is 3.17. The lowest BCUT2D eigenvalue weighted by Gasteiger charge is -2.20. The number of hydrogen-bond donors (Lipinski definition) is 2. The van der Waals surface area contributed by atoms with Crippen LogP contribution in [0.15, 0.2) is 23.0 Å². The maximum atomic E-state index is 12.8. The van der Waals surface area contributed by atoms with Crippen molar-refractivity contribution in [1.29, 1.82) is 5.26 Å². The number of amides is 1. The summed E-state index contributed by atoms with van der Waals surface area (Å²) < 4.78 is 10.3. The zero-order valence-electron chi connectivity index (χ0n) is 18.7. The molecule has 1 aromatic carbocycles. The third-order valence-corrected chi connectivity index (χ3v) is 5.51. The maximum absolute atomic E-state index is 12.8. The van der Waals surface area contributed by atoms with Crippen LogP contribution in [-0.4, -0.2) is 45.8 Å². The summed E-state index contributed by atoms with van der Waals surface area (Å²) in [6.07, 6.45) is 0.193. The summed E-state index contributed by atoms with van der Waals surface area (Å²) in [5.74, 6) is 1.23.